The predicted octanol–water partition coefficient (Wildman–Crippen LogP) is 4.14. The Hall–Kier alpha value is -2.26. The Balaban J connectivity index is 1.35. The van der Waals surface area contributed by atoms with Crippen molar-refractivity contribution >= 4 is 29.2 Å². The lowest BCUT2D eigenvalue weighted by Gasteiger charge is -2.36. The van der Waals surface area contributed by atoms with E-state index in [0.29, 0.717) is 50.3 Å². The second kappa shape index (κ2) is 9.08. The molecule has 0 saturated carbocycles. The molecule has 0 bridgehead atoms. The van der Waals surface area contributed by atoms with Gasteiger partial charge in [0.1, 0.15) is 5.82 Å². The van der Waals surface area contributed by atoms with Gasteiger partial charge in [-0.3, -0.25) is 9.69 Å². The Morgan fingerprint density at radius 3 is 2.52 bits per heavy atom. The highest BCUT2D eigenvalue weighted by atomic mass is 32.2. The zero-order valence-corrected chi connectivity index (χ0v) is 18.1. The molecule has 0 radical (unpaired) electrons. The zero-order chi connectivity index (χ0) is 22.0. The van der Waals surface area contributed by atoms with Gasteiger partial charge in [0.15, 0.2) is 0 Å². The van der Waals surface area contributed by atoms with Crippen molar-refractivity contribution in [1.29, 1.82) is 0 Å². The van der Waals surface area contributed by atoms with E-state index < -0.39 is 11.7 Å². The number of nitrogens with zero attached hydrogens (tertiary/aromatic N) is 4. The fourth-order valence-corrected chi connectivity index (χ4v) is 5.01. The van der Waals surface area contributed by atoms with Gasteiger partial charge in [0, 0.05) is 49.1 Å². The maximum atomic E-state index is 13.1. The highest BCUT2D eigenvalue weighted by Gasteiger charge is 2.31. The number of carbonyl (C=O) groups is 1. The topological polar surface area (TPSA) is 39.7 Å². The third-order valence-electron chi connectivity index (χ3n) is 5.67. The minimum Gasteiger partial charge on any atom is -0.354 e. The van der Waals surface area contributed by atoms with Crippen LogP contribution in [-0.4, -0.2) is 60.3 Å². The average molecular weight is 451 g/mol. The number of hydrogen-bond acceptors (Lipinski definition) is 5. The fourth-order valence-electron chi connectivity index (χ4n) is 3.90. The lowest BCUT2D eigenvalue weighted by Crippen LogP contribution is -2.50. The largest absolute Gasteiger partial charge is 0.417 e. The molecule has 2 aromatic rings. The maximum absolute atomic E-state index is 13.1. The second-order valence-electron chi connectivity index (χ2n) is 7.90. The average Bonchev–Trinajstić information content (AvgIpc) is 2.92. The van der Waals surface area contributed by atoms with Gasteiger partial charge in [-0.25, -0.2) is 4.98 Å². The van der Waals surface area contributed by atoms with Crippen LogP contribution in [0.1, 0.15) is 18.9 Å². The van der Waals surface area contributed by atoms with Crippen LogP contribution in [0.2, 0.25) is 0 Å². The lowest BCUT2D eigenvalue weighted by atomic mass is 10.2. The molecule has 166 valence electrons. The number of amides is 1. The van der Waals surface area contributed by atoms with Gasteiger partial charge < -0.3 is 9.80 Å². The normalized spacial score (nSPS) is 20.3. The van der Waals surface area contributed by atoms with Crippen molar-refractivity contribution in [1.82, 2.24) is 9.88 Å². The minimum absolute atomic E-state index is 0.0863. The number of pyridine rings is 1. The molecule has 4 rings (SSSR count). The molecule has 0 aliphatic carbocycles. The molecule has 0 unspecified atom stereocenters. The van der Waals surface area contributed by atoms with Crippen molar-refractivity contribution in [3.63, 3.8) is 0 Å². The van der Waals surface area contributed by atoms with Gasteiger partial charge >= 0.3 is 6.18 Å². The third kappa shape index (κ3) is 5.15. The monoisotopic (exact) mass is 450 g/mol. The van der Waals surface area contributed by atoms with Crippen LogP contribution in [-0.2, 0) is 11.0 Å². The van der Waals surface area contributed by atoms with E-state index in [1.165, 1.54) is 6.07 Å². The first-order valence-corrected chi connectivity index (χ1v) is 11.3. The molecule has 5 nitrogen and oxygen atoms in total. The Labute approximate surface area is 184 Å². The van der Waals surface area contributed by atoms with Crippen LogP contribution in [0.3, 0.4) is 0 Å². The first-order chi connectivity index (χ1) is 14.8. The first-order valence-electron chi connectivity index (χ1n) is 10.4. The summed E-state index contributed by atoms with van der Waals surface area (Å²) in [6.07, 6.45) is -2.56. The predicted molar refractivity (Wildman–Crippen MR) is 117 cm³/mol. The van der Waals surface area contributed by atoms with Gasteiger partial charge in [-0.2, -0.15) is 13.2 Å². The van der Waals surface area contributed by atoms with Crippen molar-refractivity contribution in [2.75, 3.05) is 49.1 Å². The summed E-state index contributed by atoms with van der Waals surface area (Å²) in [4.78, 5) is 24.2. The second-order valence-corrected chi connectivity index (χ2v) is 9.38. The highest BCUT2D eigenvalue weighted by molar-refractivity contribution is 8.00. The summed E-state index contributed by atoms with van der Waals surface area (Å²) in [6.45, 7) is 5.79. The number of alkyl halides is 3. The molecule has 0 N–H and O–H groups in total. The van der Waals surface area contributed by atoms with E-state index >= 15 is 0 Å². The van der Waals surface area contributed by atoms with Gasteiger partial charge in [-0.15, -0.1) is 11.8 Å². The van der Waals surface area contributed by atoms with E-state index in [2.05, 4.69) is 22.9 Å². The van der Waals surface area contributed by atoms with Crippen molar-refractivity contribution < 1.29 is 18.0 Å². The van der Waals surface area contributed by atoms with Crippen molar-refractivity contribution in [3.05, 3.63) is 48.2 Å². The molecule has 2 aliphatic heterocycles. The molecular formula is C22H25F3N4OS. The summed E-state index contributed by atoms with van der Waals surface area (Å²) >= 11 is 1.81. The number of aromatic nitrogens is 1. The minimum atomic E-state index is -4.38. The third-order valence-corrected chi connectivity index (χ3v) is 6.91. The number of carbonyl (C=O) groups excluding carboxylic acids is 1. The van der Waals surface area contributed by atoms with E-state index in [-0.39, 0.29) is 5.91 Å². The molecule has 31 heavy (non-hydrogen) atoms. The van der Waals surface area contributed by atoms with Gasteiger partial charge in [-0.1, -0.05) is 19.1 Å². The van der Waals surface area contributed by atoms with Crippen LogP contribution >= 0.6 is 11.8 Å². The van der Waals surface area contributed by atoms with Crippen LogP contribution in [0.15, 0.2) is 47.5 Å². The van der Waals surface area contributed by atoms with E-state index in [0.717, 1.165) is 29.3 Å². The van der Waals surface area contributed by atoms with Gasteiger partial charge in [-0.05, 0) is 30.7 Å². The molecule has 3 heterocycles. The number of anilines is 2. The molecular weight excluding hydrogens is 425 g/mol. The lowest BCUT2D eigenvalue weighted by molar-refractivity contribution is -0.137. The summed E-state index contributed by atoms with van der Waals surface area (Å²) < 4.78 is 38.2. The number of hydrogen-bond donors (Lipinski definition) is 0. The maximum Gasteiger partial charge on any atom is 0.417 e. The number of thioether (sulfide) groups is 1. The number of benzene rings is 1. The van der Waals surface area contributed by atoms with E-state index in [9.17, 15) is 18.0 Å². The molecule has 1 atom stereocenters. The summed E-state index contributed by atoms with van der Waals surface area (Å²) in [6, 6.07) is 10.5. The summed E-state index contributed by atoms with van der Waals surface area (Å²) in [5.74, 6) is 0.620. The Kier molecular flexibility index (Phi) is 6.43. The Morgan fingerprint density at radius 1 is 1.10 bits per heavy atom. The summed E-state index contributed by atoms with van der Waals surface area (Å²) in [7, 11) is 0. The Bertz CT molecular complexity index is 914. The fraction of sp³-hybridized carbons (Fsp3) is 0.455. The number of fused-ring (bicyclic) bond motifs is 1. The van der Waals surface area contributed by atoms with Crippen LogP contribution in [0.4, 0.5) is 24.7 Å². The van der Waals surface area contributed by atoms with Crippen molar-refractivity contribution in [3.8, 4) is 0 Å². The van der Waals surface area contributed by atoms with E-state index in [1.807, 2.05) is 39.8 Å². The number of halogens is 3. The van der Waals surface area contributed by atoms with Crippen LogP contribution < -0.4 is 9.80 Å². The van der Waals surface area contributed by atoms with Crippen molar-refractivity contribution in [2.24, 2.45) is 0 Å². The molecule has 1 aromatic carbocycles. The number of para-hydroxylation sites is 1. The van der Waals surface area contributed by atoms with Gasteiger partial charge in [0.05, 0.1) is 17.8 Å². The van der Waals surface area contributed by atoms with Gasteiger partial charge in [0.25, 0.3) is 0 Å². The molecule has 0 spiro atoms. The Morgan fingerprint density at radius 2 is 1.84 bits per heavy atom. The standard InChI is InChI=1S/C22H25F3N4OS/c1-16-8-9-29(18-4-2-3-5-19(18)31-16)21(30)15-27-10-12-28(13-11-27)20-7-6-17(14-26-20)22(23,24)25/h2-7,14,16H,8-13,15H2,1H3/t16-/m1/s1. The molecule has 1 amide bonds. The first kappa shape index (κ1) is 22.0. The summed E-state index contributed by atoms with van der Waals surface area (Å²) in [5.41, 5.74) is 0.236. The summed E-state index contributed by atoms with van der Waals surface area (Å²) in [5, 5.41) is 0.457. The molecule has 1 fully saturated rings. The smallest absolute Gasteiger partial charge is 0.354 e. The quantitative estimate of drug-likeness (QED) is 0.703. The molecule has 2 aliphatic rings. The molecule has 1 saturated heterocycles. The van der Waals surface area contributed by atoms with Crippen LogP contribution in [0.25, 0.3) is 0 Å². The van der Waals surface area contributed by atoms with Crippen LogP contribution in [0, 0.1) is 0 Å². The van der Waals surface area contributed by atoms with E-state index in [1.54, 1.807) is 0 Å². The SMILES string of the molecule is C[C@@H]1CCN(C(=O)CN2CCN(c3ccc(C(F)(F)F)cn3)CC2)c2ccccc2S1. The molecule has 9 heteroatoms. The zero-order valence-electron chi connectivity index (χ0n) is 17.3. The number of piperazine rings is 1. The highest BCUT2D eigenvalue weighted by Crippen LogP contribution is 2.37. The number of rotatable bonds is 3. The molecule has 1 aromatic heterocycles. The van der Waals surface area contributed by atoms with Crippen LogP contribution in [0.5, 0.6) is 0 Å². The van der Waals surface area contributed by atoms with Gasteiger partial charge in [0.2, 0.25) is 5.91 Å². The van der Waals surface area contributed by atoms with Crippen molar-refractivity contribution in [2.45, 2.75) is 29.7 Å². The van der Waals surface area contributed by atoms with E-state index in [4.69, 9.17) is 0 Å².